The molecule has 0 unspecified atom stereocenters. The highest BCUT2D eigenvalue weighted by molar-refractivity contribution is 9.11. The Bertz CT molecular complexity index is 1470. The Labute approximate surface area is 215 Å². The SMILES string of the molecule is CCOC(=O)C1=C(C)N=c2s/c(=C\c3cc(Br)c(OC)c(Br)c3)c(=O)n2[C@@H]1c1ccc(F)cc1. The fraction of sp³-hybridized carbons (Fsp3) is 0.208. The zero-order valence-corrected chi connectivity index (χ0v) is 22.4. The second-order valence-electron chi connectivity index (χ2n) is 7.37. The summed E-state index contributed by atoms with van der Waals surface area (Å²) < 4.78 is 27.6. The van der Waals surface area contributed by atoms with E-state index in [2.05, 4.69) is 36.9 Å². The minimum Gasteiger partial charge on any atom is -0.494 e. The van der Waals surface area contributed by atoms with Gasteiger partial charge in [-0.1, -0.05) is 23.5 Å². The molecule has 0 saturated carbocycles. The summed E-state index contributed by atoms with van der Waals surface area (Å²) in [4.78, 5) is 31.4. The van der Waals surface area contributed by atoms with Crippen molar-refractivity contribution in [1.82, 2.24) is 4.57 Å². The van der Waals surface area contributed by atoms with E-state index in [1.807, 2.05) is 12.1 Å². The number of ether oxygens (including phenoxy) is 2. The van der Waals surface area contributed by atoms with Crippen LogP contribution in [0.3, 0.4) is 0 Å². The van der Waals surface area contributed by atoms with Crippen LogP contribution in [0.15, 0.2) is 66.4 Å². The smallest absolute Gasteiger partial charge is 0.338 e. The molecule has 0 N–H and O–H groups in total. The van der Waals surface area contributed by atoms with Gasteiger partial charge in [0.05, 0.1) is 44.5 Å². The first-order chi connectivity index (χ1) is 16.2. The normalized spacial score (nSPS) is 15.7. The minimum absolute atomic E-state index is 0.178. The molecule has 6 nitrogen and oxygen atoms in total. The number of aromatic nitrogens is 1. The highest BCUT2D eigenvalue weighted by atomic mass is 79.9. The maximum atomic E-state index is 13.6. The number of nitrogens with zero attached hydrogens (tertiary/aromatic N) is 2. The van der Waals surface area contributed by atoms with Crippen LogP contribution in [-0.4, -0.2) is 24.3 Å². The molecule has 0 bridgehead atoms. The summed E-state index contributed by atoms with van der Waals surface area (Å²) in [5, 5.41) is 0. The van der Waals surface area contributed by atoms with Crippen LogP contribution in [0.25, 0.3) is 6.08 Å². The fourth-order valence-electron chi connectivity index (χ4n) is 3.76. The van der Waals surface area contributed by atoms with Crippen LogP contribution in [-0.2, 0) is 9.53 Å². The first-order valence-corrected chi connectivity index (χ1v) is 12.6. The van der Waals surface area contributed by atoms with Gasteiger partial charge in [0.2, 0.25) is 0 Å². The third-order valence-corrected chi connectivity index (χ3v) is 7.39. The fourth-order valence-corrected chi connectivity index (χ4v) is 6.35. The second-order valence-corrected chi connectivity index (χ2v) is 10.1. The molecule has 176 valence electrons. The molecule has 10 heteroatoms. The van der Waals surface area contributed by atoms with Crippen molar-refractivity contribution in [2.24, 2.45) is 4.99 Å². The highest BCUT2D eigenvalue weighted by Crippen LogP contribution is 2.35. The van der Waals surface area contributed by atoms with Crippen LogP contribution in [0, 0.1) is 5.82 Å². The largest absolute Gasteiger partial charge is 0.494 e. The second kappa shape index (κ2) is 9.97. The van der Waals surface area contributed by atoms with Crippen LogP contribution in [0.5, 0.6) is 5.75 Å². The first kappa shape index (κ1) is 24.6. The van der Waals surface area contributed by atoms with Gasteiger partial charge in [-0.25, -0.2) is 14.2 Å². The Morgan fingerprint density at radius 1 is 1.24 bits per heavy atom. The monoisotopic (exact) mass is 608 g/mol. The lowest BCUT2D eigenvalue weighted by atomic mass is 9.96. The van der Waals surface area contributed by atoms with Crippen LogP contribution in [0.2, 0.25) is 0 Å². The van der Waals surface area contributed by atoms with E-state index in [0.29, 0.717) is 26.3 Å². The number of carbonyl (C=O) groups is 1. The predicted molar refractivity (Wildman–Crippen MR) is 135 cm³/mol. The van der Waals surface area contributed by atoms with E-state index in [0.717, 1.165) is 14.5 Å². The van der Waals surface area contributed by atoms with E-state index in [9.17, 15) is 14.0 Å². The lowest BCUT2D eigenvalue weighted by Crippen LogP contribution is -2.39. The number of allylic oxidation sites excluding steroid dienone is 1. The van der Waals surface area contributed by atoms with Crippen LogP contribution >= 0.6 is 43.2 Å². The number of rotatable bonds is 5. The van der Waals surface area contributed by atoms with Gasteiger partial charge in [-0.2, -0.15) is 0 Å². The zero-order valence-electron chi connectivity index (χ0n) is 18.4. The van der Waals surface area contributed by atoms with Gasteiger partial charge in [-0.3, -0.25) is 9.36 Å². The van der Waals surface area contributed by atoms with Crippen molar-refractivity contribution in [3.8, 4) is 5.75 Å². The molecule has 1 aliphatic rings. The Balaban J connectivity index is 1.94. The molecule has 4 rings (SSSR count). The molecule has 2 aromatic carbocycles. The van der Waals surface area contributed by atoms with Crippen molar-refractivity contribution >= 4 is 55.2 Å². The Kier molecular flexibility index (Phi) is 7.20. The number of methoxy groups -OCH3 is 1. The predicted octanol–water partition coefficient (Wildman–Crippen LogP) is 4.47. The van der Waals surface area contributed by atoms with Crippen molar-refractivity contribution in [2.75, 3.05) is 13.7 Å². The average Bonchev–Trinajstić information content (AvgIpc) is 3.08. The molecule has 0 aliphatic carbocycles. The molecule has 34 heavy (non-hydrogen) atoms. The van der Waals surface area contributed by atoms with Gasteiger partial charge in [0.15, 0.2) is 4.80 Å². The van der Waals surface area contributed by atoms with E-state index in [1.54, 1.807) is 39.2 Å². The van der Waals surface area contributed by atoms with Crippen molar-refractivity contribution in [3.63, 3.8) is 0 Å². The van der Waals surface area contributed by atoms with E-state index in [4.69, 9.17) is 9.47 Å². The summed E-state index contributed by atoms with van der Waals surface area (Å²) in [6.07, 6.45) is 1.75. The van der Waals surface area contributed by atoms with Gasteiger partial charge in [-0.15, -0.1) is 0 Å². The molecule has 1 aromatic heterocycles. The third-order valence-electron chi connectivity index (χ3n) is 5.23. The topological polar surface area (TPSA) is 69.9 Å². The number of halogens is 3. The van der Waals surface area contributed by atoms with Crippen molar-refractivity contribution < 1.29 is 18.7 Å². The van der Waals surface area contributed by atoms with Crippen molar-refractivity contribution in [1.29, 1.82) is 0 Å². The summed E-state index contributed by atoms with van der Waals surface area (Å²) in [7, 11) is 1.57. The van der Waals surface area contributed by atoms with E-state index in [1.165, 1.54) is 28.0 Å². The van der Waals surface area contributed by atoms with Crippen LogP contribution in [0.1, 0.15) is 31.0 Å². The van der Waals surface area contributed by atoms with Gasteiger partial charge in [0, 0.05) is 0 Å². The molecule has 0 radical (unpaired) electrons. The van der Waals surface area contributed by atoms with Crippen molar-refractivity contribution in [3.05, 3.63) is 93.2 Å². The number of hydrogen-bond acceptors (Lipinski definition) is 6. The van der Waals surface area contributed by atoms with Crippen LogP contribution < -0.4 is 19.6 Å². The standard InChI is InChI=1S/C24H19Br2FN2O4S/c1-4-33-23(31)19-12(2)28-24-29(20(19)14-5-7-15(27)8-6-14)22(30)18(34-24)11-13-9-16(25)21(32-3)17(26)10-13/h5-11,20H,4H2,1-3H3/b18-11-/t20-/m1/s1. The van der Waals surface area contributed by atoms with Gasteiger partial charge < -0.3 is 9.47 Å². The summed E-state index contributed by atoms with van der Waals surface area (Å²) in [6, 6.07) is 8.63. The average molecular weight is 610 g/mol. The molecule has 0 spiro atoms. The molecule has 0 saturated heterocycles. The number of hydrogen-bond donors (Lipinski definition) is 0. The highest BCUT2D eigenvalue weighted by Gasteiger charge is 2.33. The number of fused-ring (bicyclic) bond motifs is 1. The molecular weight excluding hydrogens is 591 g/mol. The van der Waals surface area contributed by atoms with E-state index in [-0.39, 0.29) is 17.7 Å². The Hall–Kier alpha value is -2.56. The van der Waals surface area contributed by atoms with Gasteiger partial charge in [0.1, 0.15) is 11.6 Å². The lowest BCUT2D eigenvalue weighted by Gasteiger charge is -2.24. The number of carbonyl (C=O) groups excluding carboxylic acids is 1. The van der Waals surface area contributed by atoms with Crippen LogP contribution in [0.4, 0.5) is 4.39 Å². The van der Waals surface area contributed by atoms with Crippen molar-refractivity contribution in [2.45, 2.75) is 19.9 Å². The Morgan fingerprint density at radius 3 is 2.47 bits per heavy atom. The number of esters is 1. The zero-order chi connectivity index (χ0) is 24.6. The number of benzene rings is 2. The molecule has 0 amide bonds. The Morgan fingerprint density at radius 2 is 1.88 bits per heavy atom. The first-order valence-electron chi connectivity index (χ1n) is 10.2. The quantitative estimate of drug-likeness (QED) is 0.400. The third kappa shape index (κ3) is 4.54. The minimum atomic E-state index is -0.785. The van der Waals surface area contributed by atoms with E-state index >= 15 is 0 Å². The summed E-state index contributed by atoms with van der Waals surface area (Å²) in [5.41, 5.74) is 1.75. The molecule has 0 fully saturated rings. The molecule has 3 aromatic rings. The molecular formula is C24H19Br2FN2O4S. The summed E-state index contributed by atoms with van der Waals surface area (Å²) >= 11 is 8.17. The lowest BCUT2D eigenvalue weighted by molar-refractivity contribution is -0.139. The van der Waals surface area contributed by atoms with Gasteiger partial charge >= 0.3 is 5.97 Å². The summed E-state index contributed by atoms with van der Waals surface area (Å²) in [6.45, 7) is 3.59. The van der Waals surface area contributed by atoms with Gasteiger partial charge in [-0.05, 0) is 87.2 Å². The van der Waals surface area contributed by atoms with Gasteiger partial charge in [0.25, 0.3) is 5.56 Å². The number of thiazole rings is 1. The maximum Gasteiger partial charge on any atom is 0.338 e. The summed E-state index contributed by atoms with van der Waals surface area (Å²) in [5.74, 6) is -0.329. The molecule has 1 aliphatic heterocycles. The van der Waals surface area contributed by atoms with E-state index < -0.39 is 17.8 Å². The maximum absolute atomic E-state index is 13.6. The molecule has 1 atom stereocenters. The molecule has 2 heterocycles.